The van der Waals surface area contributed by atoms with Gasteiger partial charge in [0.2, 0.25) is 0 Å². The predicted molar refractivity (Wildman–Crippen MR) is 82.1 cm³/mol. The van der Waals surface area contributed by atoms with E-state index in [4.69, 9.17) is 27.9 Å². The second-order valence-corrected chi connectivity index (χ2v) is 4.82. The average Bonchev–Trinajstić information content (AvgIpc) is 2.46. The summed E-state index contributed by atoms with van der Waals surface area (Å²) in [4.78, 5) is 2.00. The zero-order chi connectivity index (χ0) is 13.8. The number of para-hydroxylation sites is 2. The molecule has 0 saturated carbocycles. The highest BCUT2D eigenvalue weighted by molar-refractivity contribution is 6.33. The Labute approximate surface area is 123 Å². The maximum atomic E-state index is 6.31. The van der Waals surface area contributed by atoms with Crippen molar-refractivity contribution < 1.29 is 4.74 Å². The van der Waals surface area contributed by atoms with Crippen LogP contribution in [0.2, 0.25) is 5.02 Å². The van der Waals surface area contributed by atoms with Crippen molar-refractivity contribution in [3.05, 3.63) is 53.1 Å². The topological polar surface area (TPSA) is 12.5 Å². The molecule has 0 bridgehead atoms. The van der Waals surface area contributed by atoms with Gasteiger partial charge in [-0.25, -0.2) is 0 Å². The van der Waals surface area contributed by atoms with Gasteiger partial charge in [-0.3, -0.25) is 0 Å². The number of benzene rings is 2. The van der Waals surface area contributed by atoms with E-state index in [1.165, 1.54) is 0 Å². The molecule has 100 valence electrons. The number of anilines is 2. The van der Waals surface area contributed by atoms with Gasteiger partial charge < -0.3 is 9.64 Å². The highest BCUT2D eigenvalue weighted by atomic mass is 35.5. The molecule has 0 atom stereocenters. The maximum Gasteiger partial charge on any atom is 0.142 e. The molecule has 19 heavy (non-hydrogen) atoms. The van der Waals surface area contributed by atoms with E-state index < -0.39 is 0 Å². The summed E-state index contributed by atoms with van der Waals surface area (Å²) in [5.74, 6) is 1.26. The van der Waals surface area contributed by atoms with E-state index in [2.05, 4.69) is 0 Å². The molecule has 2 aromatic carbocycles. The highest BCUT2D eigenvalue weighted by Gasteiger charge is 2.12. The van der Waals surface area contributed by atoms with E-state index in [9.17, 15) is 0 Å². The van der Waals surface area contributed by atoms with Gasteiger partial charge in [0.15, 0.2) is 0 Å². The van der Waals surface area contributed by atoms with Crippen LogP contribution in [0.25, 0.3) is 0 Å². The molecule has 0 heterocycles. The van der Waals surface area contributed by atoms with Crippen LogP contribution in [0.1, 0.15) is 5.56 Å². The van der Waals surface area contributed by atoms with Crippen LogP contribution < -0.4 is 9.64 Å². The lowest BCUT2D eigenvalue weighted by molar-refractivity contribution is 0.415. The van der Waals surface area contributed by atoms with E-state index in [0.717, 1.165) is 22.7 Å². The van der Waals surface area contributed by atoms with Gasteiger partial charge in [0.1, 0.15) is 5.75 Å². The molecule has 0 aromatic heterocycles. The minimum absolute atomic E-state index is 0.457. The Morgan fingerprint density at radius 2 is 1.84 bits per heavy atom. The molecule has 0 aliphatic rings. The minimum Gasteiger partial charge on any atom is -0.495 e. The van der Waals surface area contributed by atoms with E-state index in [1.54, 1.807) is 7.11 Å². The molecule has 2 rings (SSSR count). The first-order chi connectivity index (χ1) is 9.17. The van der Waals surface area contributed by atoms with Crippen LogP contribution in [0.15, 0.2) is 42.5 Å². The molecule has 0 amide bonds. The Balaban J connectivity index is 2.41. The number of hydrogen-bond donors (Lipinski definition) is 0. The fourth-order valence-electron chi connectivity index (χ4n) is 1.94. The van der Waals surface area contributed by atoms with Gasteiger partial charge in [0.05, 0.1) is 23.5 Å². The van der Waals surface area contributed by atoms with Crippen LogP contribution in [-0.4, -0.2) is 14.2 Å². The van der Waals surface area contributed by atoms with Crippen molar-refractivity contribution in [1.29, 1.82) is 0 Å². The van der Waals surface area contributed by atoms with Gasteiger partial charge in [-0.1, -0.05) is 29.8 Å². The number of ether oxygens (including phenoxy) is 1. The summed E-state index contributed by atoms with van der Waals surface area (Å²) < 4.78 is 5.37. The molecule has 0 aliphatic heterocycles. The first kappa shape index (κ1) is 14.0. The Morgan fingerprint density at radius 3 is 2.47 bits per heavy atom. The van der Waals surface area contributed by atoms with Gasteiger partial charge >= 0.3 is 0 Å². The second kappa shape index (κ2) is 6.18. The lowest BCUT2D eigenvalue weighted by Gasteiger charge is -2.23. The van der Waals surface area contributed by atoms with Crippen LogP contribution in [-0.2, 0) is 5.88 Å². The van der Waals surface area contributed by atoms with Gasteiger partial charge in [-0.2, -0.15) is 0 Å². The molecule has 0 unspecified atom stereocenters. The van der Waals surface area contributed by atoms with Crippen molar-refractivity contribution in [2.75, 3.05) is 19.1 Å². The SMILES string of the molecule is COc1ccccc1N(C)c1ccc(CCl)cc1Cl. The third-order valence-electron chi connectivity index (χ3n) is 2.97. The monoisotopic (exact) mass is 295 g/mol. The number of halogens is 2. The number of methoxy groups -OCH3 is 1. The predicted octanol–water partition coefficient (Wildman–Crippen LogP) is 4.86. The molecular formula is C15H15Cl2NO. The summed E-state index contributed by atoms with van der Waals surface area (Å²) in [6.07, 6.45) is 0. The summed E-state index contributed by atoms with van der Waals surface area (Å²) in [7, 11) is 3.62. The standard InChI is InChI=1S/C15H15Cl2NO/c1-18(14-5-3-4-6-15(14)19-2)13-8-7-11(10-16)9-12(13)17/h3-9H,10H2,1-2H3. The summed E-state index contributed by atoms with van der Waals surface area (Å²) >= 11 is 12.1. The third kappa shape index (κ3) is 2.96. The molecule has 2 aromatic rings. The van der Waals surface area contributed by atoms with Crippen LogP contribution in [0.5, 0.6) is 5.75 Å². The Morgan fingerprint density at radius 1 is 1.11 bits per heavy atom. The highest BCUT2D eigenvalue weighted by Crippen LogP contribution is 2.36. The van der Waals surface area contributed by atoms with E-state index in [-0.39, 0.29) is 0 Å². The number of rotatable bonds is 4. The van der Waals surface area contributed by atoms with Crippen molar-refractivity contribution in [1.82, 2.24) is 0 Å². The van der Waals surface area contributed by atoms with Gasteiger partial charge in [0.25, 0.3) is 0 Å². The quantitative estimate of drug-likeness (QED) is 0.747. The zero-order valence-corrected chi connectivity index (χ0v) is 12.4. The summed E-state index contributed by atoms with van der Waals surface area (Å²) in [5.41, 5.74) is 2.88. The Kier molecular flexibility index (Phi) is 4.56. The second-order valence-electron chi connectivity index (χ2n) is 4.15. The first-order valence-corrected chi connectivity index (χ1v) is 6.79. The first-order valence-electron chi connectivity index (χ1n) is 5.88. The molecule has 2 nitrogen and oxygen atoms in total. The molecule has 4 heteroatoms. The lowest BCUT2D eigenvalue weighted by atomic mass is 10.2. The molecule has 0 fully saturated rings. The van der Waals surface area contributed by atoms with Crippen LogP contribution in [0.3, 0.4) is 0 Å². The van der Waals surface area contributed by atoms with Crippen molar-refractivity contribution in [2.45, 2.75) is 5.88 Å². The fraction of sp³-hybridized carbons (Fsp3) is 0.200. The Bertz CT molecular complexity index is 572. The molecule has 0 radical (unpaired) electrons. The van der Waals surface area contributed by atoms with E-state index >= 15 is 0 Å². The lowest BCUT2D eigenvalue weighted by Crippen LogP contribution is -2.11. The number of alkyl halides is 1. The smallest absolute Gasteiger partial charge is 0.142 e. The largest absolute Gasteiger partial charge is 0.495 e. The normalized spacial score (nSPS) is 10.3. The summed E-state index contributed by atoms with van der Waals surface area (Å²) in [6, 6.07) is 13.6. The van der Waals surface area contributed by atoms with Crippen LogP contribution in [0, 0.1) is 0 Å². The average molecular weight is 296 g/mol. The summed E-state index contributed by atoms with van der Waals surface area (Å²) in [5, 5.41) is 0.673. The van der Waals surface area contributed by atoms with E-state index in [0.29, 0.717) is 10.9 Å². The number of nitrogens with zero attached hydrogens (tertiary/aromatic N) is 1. The van der Waals surface area contributed by atoms with Gasteiger partial charge in [-0.05, 0) is 29.8 Å². The fourth-order valence-corrected chi connectivity index (χ4v) is 2.44. The molecular weight excluding hydrogens is 281 g/mol. The zero-order valence-electron chi connectivity index (χ0n) is 10.9. The molecule has 0 spiro atoms. The van der Waals surface area contributed by atoms with Gasteiger partial charge in [0, 0.05) is 12.9 Å². The van der Waals surface area contributed by atoms with Crippen LogP contribution >= 0.6 is 23.2 Å². The number of hydrogen-bond acceptors (Lipinski definition) is 2. The Hall–Kier alpha value is -1.38. The van der Waals surface area contributed by atoms with Crippen molar-refractivity contribution in [3.8, 4) is 5.75 Å². The van der Waals surface area contributed by atoms with Crippen LogP contribution in [0.4, 0.5) is 11.4 Å². The van der Waals surface area contributed by atoms with Crippen molar-refractivity contribution in [2.24, 2.45) is 0 Å². The molecule has 0 saturated heterocycles. The summed E-state index contributed by atoms with van der Waals surface area (Å²) in [6.45, 7) is 0. The maximum absolute atomic E-state index is 6.31. The van der Waals surface area contributed by atoms with Crippen molar-refractivity contribution >= 4 is 34.6 Å². The molecule has 0 aliphatic carbocycles. The molecule has 0 N–H and O–H groups in total. The van der Waals surface area contributed by atoms with E-state index in [1.807, 2.05) is 54.4 Å². The van der Waals surface area contributed by atoms with Crippen molar-refractivity contribution in [3.63, 3.8) is 0 Å². The minimum atomic E-state index is 0.457. The third-order valence-corrected chi connectivity index (χ3v) is 3.59. The van der Waals surface area contributed by atoms with Gasteiger partial charge in [-0.15, -0.1) is 11.6 Å².